The number of ether oxygens (including phenoxy) is 1. The fraction of sp³-hybridized carbons (Fsp3) is 0.500. The molecule has 0 radical (unpaired) electrons. The zero-order valence-electron chi connectivity index (χ0n) is 16.7. The summed E-state index contributed by atoms with van der Waals surface area (Å²) in [6, 6.07) is 7.29. The lowest BCUT2D eigenvalue weighted by Gasteiger charge is -2.49. The van der Waals surface area contributed by atoms with Crippen molar-refractivity contribution in [3.8, 4) is 5.75 Å². The summed E-state index contributed by atoms with van der Waals surface area (Å²) in [6.45, 7) is 9.96. The van der Waals surface area contributed by atoms with E-state index in [-0.39, 0.29) is 11.4 Å². The summed E-state index contributed by atoms with van der Waals surface area (Å²) < 4.78 is 5.53. The number of piperazine rings is 1. The second-order valence-electron chi connectivity index (χ2n) is 7.72. The van der Waals surface area contributed by atoms with Crippen molar-refractivity contribution >= 4 is 11.6 Å². The Morgan fingerprint density at radius 2 is 2.00 bits per heavy atom. The van der Waals surface area contributed by atoms with Gasteiger partial charge in [-0.3, -0.25) is 9.89 Å². The Balaban J connectivity index is 1.80. The number of benzene rings is 1. The molecule has 0 aliphatic carbocycles. The van der Waals surface area contributed by atoms with Gasteiger partial charge in [-0.2, -0.15) is 5.10 Å². The SMILES string of the molecule is COc1ccccc1N1CCN(C(=O)[C@@H](N)c2c(C)n[nH]c2C)CC1(C)C. The van der Waals surface area contributed by atoms with Crippen LogP contribution < -0.4 is 15.4 Å². The van der Waals surface area contributed by atoms with Crippen LogP contribution in [0.2, 0.25) is 0 Å². The molecule has 3 rings (SSSR count). The summed E-state index contributed by atoms with van der Waals surface area (Å²) in [5.41, 5.74) is 9.53. The molecular weight excluding hydrogens is 342 g/mol. The van der Waals surface area contributed by atoms with Crippen molar-refractivity contribution in [3.63, 3.8) is 0 Å². The number of methoxy groups -OCH3 is 1. The molecule has 3 N–H and O–H groups in total. The zero-order chi connectivity index (χ0) is 19.8. The minimum Gasteiger partial charge on any atom is -0.495 e. The Morgan fingerprint density at radius 1 is 1.30 bits per heavy atom. The smallest absolute Gasteiger partial charge is 0.244 e. The van der Waals surface area contributed by atoms with Crippen LogP contribution in [-0.2, 0) is 4.79 Å². The van der Waals surface area contributed by atoms with Crippen molar-refractivity contribution in [3.05, 3.63) is 41.2 Å². The van der Waals surface area contributed by atoms with Gasteiger partial charge in [-0.1, -0.05) is 12.1 Å². The van der Waals surface area contributed by atoms with Gasteiger partial charge in [0.1, 0.15) is 11.8 Å². The summed E-state index contributed by atoms with van der Waals surface area (Å²) in [5, 5.41) is 7.08. The molecule has 146 valence electrons. The molecule has 1 aromatic carbocycles. The van der Waals surface area contributed by atoms with Crippen molar-refractivity contribution in [2.24, 2.45) is 5.73 Å². The standard InChI is InChI=1S/C20H29N5O2/c1-13-17(14(2)23-22-13)18(21)19(26)24-10-11-25(20(3,4)12-24)15-8-6-7-9-16(15)27-5/h6-9,18H,10-12,21H2,1-5H3,(H,22,23)/t18-/m0/s1. The maximum Gasteiger partial charge on any atom is 0.244 e. The Labute approximate surface area is 160 Å². The largest absolute Gasteiger partial charge is 0.495 e. The predicted molar refractivity (Wildman–Crippen MR) is 106 cm³/mol. The Morgan fingerprint density at radius 3 is 2.59 bits per heavy atom. The number of aromatic nitrogens is 2. The van der Waals surface area contributed by atoms with Gasteiger partial charge in [0.25, 0.3) is 0 Å². The summed E-state index contributed by atoms with van der Waals surface area (Å²) >= 11 is 0. The molecule has 1 atom stereocenters. The van der Waals surface area contributed by atoms with E-state index in [0.29, 0.717) is 13.1 Å². The molecule has 0 saturated carbocycles. The first kappa shape index (κ1) is 19.2. The van der Waals surface area contributed by atoms with Crippen molar-refractivity contribution in [1.82, 2.24) is 15.1 Å². The van der Waals surface area contributed by atoms with Gasteiger partial charge in [0.15, 0.2) is 0 Å². The first-order chi connectivity index (χ1) is 12.8. The van der Waals surface area contributed by atoms with Gasteiger partial charge in [0.2, 0.25) is 5.91 Å². The molecule has 1 saturated heterocycles. The van der Waals surface area contributed by atoms with Crippen LogP contribution in [-0.4, -0.2) is 53.3 Å². The molecule has 1 fully saturated rings. The molecule has 27 heavy (non-hydrogen) atoms. The second kappa shape index (κ2) is 7.23. The van der Waals surface area contributed by atoms with Gasteiger partial charge in [0, 0.05) is 30.9 Å². The third kappa shape index (κ3) is 3.51. The van der Waals surface area contributed by atoms with Gasteiger partial charge in [-0.15, -0.1) is 0 Å². The number of rotatable bonds is 4. The molecular formula is C20H29N5O2. The highest BCUT2D eigenvalue weighted by Gasteiger charge is 2.38. The number of aryl methyl sites for hydroxylation is 2. The summed E-state index contributed by atoms with van der Waals surface area (Å²) in [7, 11) is 1.68. The van der Waals surface area contributed by atoms with E-state index in [9.17, 15) is 4.79 Å². The lowest BCUT2D eigenvalue weighted by atomic mass is 9.96. The Hall–Kier alpha value is -2.54. The fourth-order valence-corrected chi connectivity index (χ4v) is 3.98. The highest BCUT2D eigenvalue weighted by molar-refractivity contribution is 5.84. The van der Waals surface area contributed by atoms with Crippen LogP contribution in [0.1, 0.15) is 36.8 Å². The van der Waals surface area contributed by atoms with Crippen LogP contribution in [0.5, 0.6) is 5.75 Å². The molecule has 2 aromatic rings. The van der Waals surface area contributed by atoms with E-state index < -0.39 is 6.04 Å². The summed E-state index contributed by atoms with van der Waals surface area (Å²) in [6.07, 6.45) is 0. The number of aromatic amines is 1. The van der Waals surface area contributed by atoms with E-state index in [2.05, 4.69) is 35.0 Å². The van der Waals surface area contributed by atoms with E-state index in [0.717, 1.165) is 34.9 Å². The van der Waals surface area contributed by atoms with Gasteiger partial charge in [-0.25, -0.2) is 0 Å². The predicted octanol–water partition coefficient (Wildman–Crippen LogP) is 2.16. The minimum atomic E-state index is -0.697. The number of carbonyl (C=O) groups excluding carboxylic acids is 1. The second-order valence-corrected chi connectivity index (χ2v) is 7.72. The fourth-order valence-electron chi connectivity index (χ4n) is 3.98. The molecule has 7 nitrogen and oxygen atoms in total. The zero-order valence-corrected chi connectivity index (χ0v) is 16.7. The summed E-state index contributed by atoms with van der Waals surface area (Å²) in [5.74, 6) is 0.780. The third-order valence-corrected chi connectivity index (χ3v) is 5.35. The Bertz CT molecular complexity index is 810. The van der Waals surface area contributed by atoms with Gasteiger partial charge < -0.3 is 20.3 Å². The highest BCUT2D eigenvalue weighted by Crippen LogP contribution is 2.35. The third-order valence-electron chi connectivity index (χ3n) is 5.35. The first-order valence-corrected chi connectivity index (χ1v) is 9.22. The first-order valence-electron chi connectivity index (χ1n) is 9.22. The highest BCUT2D eigenvalue weighted by atomic mass is 16.5. The van der Waals surface area contributed by atoms with Crippen LogP contribution in [0.25, 0.3) is 0 Å². The number of carbonyl (C=O) groups is 1. The number of anilines is 1. The molecule has 1 amide bonds. The van der Waals surface area contributed by atoms with E-state index >= 15 is 0 Å². The van der Waals surface area contributed by atoms with Crippen LogP contribution in [0.15, 0.2) is 24.3 Å². The molecule has 1 aliphatic heterocycles. The number of H-pyrrole nitrogens is 1. The van der Waals surface area contributed by atoms with Crippen molar-refractivity contribution in [2.45, 2.75) is 39.3 Å². The number of nitrogens with zero attached hydrogens (tertiary/aromatic N) is 3. The number of nitrogens with one attached hydrogen (secondary N) is 1. The maximum absolute atomic E-state index is 13.1. The molecule has 1 aliphatic rings. The van der Waals surface area contributed by atoms with E-state index in [1.165, 1.54) is 0 Å². The molecule has 7 heteroatoms. The number of para-hydroxylation sites is 2. The molecule has 2 heterocycles. The molecule has 1 aromatic heterocycles. The number of hydrogen-bond acceptors (Lipinski definition) is 5. The molecule has 0 spiro atoms. The number of nitrogens with two attached hydrogens (primary N) is 1. The normalized spacial score (nSPS) is 17.7. The topological polar surface area (TPSA) is 87.5 Å². The van der Waals surface area contributed by atoms with E-state index in [1.807, 2.05) is 36.9 Å². The van der Waals surface area contributed by atoms with E-state index in [1.54, 1.807) is 7.11 Å². The van der Waals surface area contributed by atoms with Gasteiger partial charge in [-0.05, 0) is 39.8 Å². The minimum absolute atomic E-state index is 0.0599. The molecule has 0 bridgehead atoms. The maximum atomic E-state index is 13.1. The van der Waals surface area contributed by atoms with Crippen LogP contribution in [0, 0.1) is 13.8 Å². The average Bonchev–Trinajstić information content (AvgIpc) is 2.98. The lowest BCUT2D eigenvalue weighted by Crippen LogP contribution is -2.61. The summed E-state index contributed by atoms with van der Waals surface area (Å²) in [4.78, 5) is 17.2. The van der Waals surface area contributed by atoms with Crippen LogP contribution in [0.4, 0.5) is 5.69 Å². The Kier molecular flexibility index (Phi) is 5.15. The number of amides is 1. The van der Waals surface area contributed by atoms with E-state index in [4.69, 9.17) is 10.5 Å². The van der Waals surface area contributed by atoms with Crippen LogP contribution >= 0.6 is 0 Å². The van der Waals surface area contributed by atoms with Crippen molar-refractivity contribution < 1.29 is 9.53 Å². The average molecular weight is 371 g/mol. The molecule has 0 unspecified atom stereocenters. The quantitative estimate of drug-likeness (QED) is 0.860. The van der Waals surface area contributed by atoms with Crippen molar-refractivity contribution in [1.29, 1.82) is 0 Å². The monoisotopic (exact) mass is 371 g/mol. The van der Waals surface area contributed by atoms with Crippen LogP contribution in [0.3, 0.4) is 0 Å². The van der Waals surface area contributed by atoms with Gasteiger partial charge in [0.05, 0.1) is 24.0 Å². The van der Waals surface area contributed by atoms with Crippen molar-refractivity contribution in [2.75, 3.05) is 31.6 Å². The van der Waals surface area contributed by atoms with Gasteiger partial charge >= 0.3 is 0 Å². The lowest BCUT2D eigenvalue weighted by molar-refractivity contribution is -0.134. The number of hydrogen-bond donors (Lipinski definition) is 2.